The first kappa shape index (κ1) is 21.8. The van der Waals surface area contributed by atoms with Crippen molar-refractivity contribution in [1.29, 1.82) is 0 Å². The first-order valence-corrected chi connectivity index (χ1v) is 12.0. The van der Waals surface area contributed by atoms with E-state index in [0.29, 0.717) is 27.9 Å². The number of benzene rings is 1. The van der Waals surface area contributed by atoms with Gasteiger partial charge in [0.1, 0.15) is 4.21 Å². The number of nitrogens with one attached hydrogen (secondary N) is 2. The van der Waals surface area contributed by atoms with Crippen molar-refractivity contribution in [3.63, 3.8) is 0 Å². The summed E-state index contributed by atoms with van der Waals surface area (Å²) in [7, 11) is -3.53. The summed E-state index contributed by atoms with van der Waals surface area (Å²) in [5.74, 6) is -1.56. The summed E-state index contributed by atoms with van der Waals surface area (Å²) in [5.41, 5.74) is 0.429. The van der Waals surface area contributed by atoms with E-state index in [2.05, 4.69) is 10.6 Å². The molecule has 0 bridgehead atoms. The van der Waals surface area contributed by atoms with Crippen LogP contribution in [0.3, 0.4) is 0 Å². The minimum Gasteiger partial charge on any atom is -0.348 e. The normalized spacial score (nSPS) is 17.6. The summed E-state index contributed by atoms with van der Waals surface area (Å²) in [6.07, 6.45) is 2.93. The van der Waals surface area contributed by atoms with Crippen molar-refractivity contribution in [2.75, 3.05) is 18.4 Å². The number of rotatable bonds is 6. The van der Waals surface area contributed by atoms with E-state index >= 15 is 0 Å². The Morgan fingerprint density at radius 3 is 2.72 bits per heavy atom. The standard InChI is InChI=1S/C19H22ClN3O4S2/c20-14-5-3-6-15(13-14)22-19(25)18(24)21-10-9-16-7-1-2-11-23(16)29(26,27)17-8-4-12-28-17/h3-6,8,12-13,16H,1-2,7,9-11H2,(H,21,24)(H,22,25)/t16-/m0/s1. The lowest BCUT2D eigenvalue weighted by atomic mass is 10.0. The molecule has 1 aliphatic rings. The predicted octanol–water partition coefficient (Wildman–Crippen LogP) is 3.09. The van der Waals surface area contributed by atoms with Crippen LogP contribution < -0.4 is 10.6 Å². The Morgan fingerprint density at radius 2 is 2.00 bits per heavy atom. The van der Waals surface area contributed by atoms with E-state index in [1.54, 1.807) is 41.8 Å². The van der Waals surface area contributed by atoms with Crippen molar-refractivity contribution in [3.8, 4) is 0 Å². The predicted molar refractivity (Wildman–Crippen MR) is 114 cm³/mol. The molecule has 10 heteroatoms. The first-order valence-electron chi connectivity index (χ1n) is 9.28. The maximum Gasteiger partial charge on any atom is 0.313 e. The Labute approximate surface area is 179 Å². The summed E-state index contributed by atoms with van der Waals surface area (Å²) < 4.78 is 27.6. The van der Waals surface area contributed by atoms with E-state index in [-0.39, 0.29) is 12.6 Å². The molecule has 1 aromatic heterocycles. The van der Waals surface area contributed by atoms with E-state index in [1.165, 1.54) is 15.6 Å². The molecule has 2 amide bonds. The molecular weight excluding hydrogens is 434 g/mol. The second kappa shape index (κ2) is 9.71. The van der Waals surface area contributed by atoms with Crippen LogP contribution in [-0.2, 0) is 19.6 Å². The monoisotopic (exact) mass is 455 g/mol. The van der Waals surface area contributed by atoms with Crippen LogP contribution in [0, 0.1) is 0 Å². The van der Waals surface area contributed by atoms with E-state index in [4.69, 9.17) is 11.6 Å². The van der Waals surface area contributed by atoms with Gasteiger partial charge in [-0.15, -0.1) is 11.3 Å². The Bertz CT molecular complexity index is 964. The summed E-state index contributed by atoms with van der Waals surface area (Å²) in [5, 5.41) is 7.24. The number of nitrogens with zero attached hydrogens (tertiary/aromatic N) is 1. The highest BCUT2D eigenvalue weighted by molar-refractivity contribution is 7.91. The molecule has 2 N–H and O–H groups in total. The van der Waals surface area contributed by atoms with Gasteiger partial charge in [-0.25, -0.2) is 8.42 Å². The maximum absolute atomic E-state index is 12.9. The van der Waals surface area contributed by atoms with Crippen LogP contribution >= 0.6 is 22.9 Å². The van der Waals surface area contributed by atoms with Gasteiger partial charge in [-0.1, -0.05) is 30.2 Å². The molecular formula is C19H22ClN3O4S2. The number of carbonyl (C=O) groups excluding carboxylic acids is 2. The molecule has 2 heterocycles. The lowest BCUT2D eigenvalue weighted by Gasteiger charge is -2.34. The number of piperidine rings is 1. The number of carbonyl (C=O) groups is 2. The number of amides is 2. The van der Waals surface area contributed by atoms with Gasteiger partial charge in [0, 0.05) is 29.8 Å². The minimum atomic E-state index is -3.53. The molecule has 29 heavy (non-hydrogen) atoms. The molecule has 0 radical (unpaired) electrons. The third-order valence-corrected chi connectivity index (χ3v) is 8.24. The molecule has 3 rings (SSSR count). The number of hydrogen-bond donors (Lipinski definition) is 2. The van der Waals surface area contributed by atoms with Gasteiger partial charge in [0.15, 0.2) is 0 Å². The number of sulfonamides is 1. The van der Waals surface area contributed by atoms with Crippen LogP contribution in [0.5, 0.6) is 0 Å². The molecule has 0 spiro atoms. The molecule has 2 aromatic rings. The fraction of sp³-hybridized carbons (Fsp3) is 0.368. The van der Waals surface area contributed by atoms with Crippen molar-refractivity contribution in [2.45, 2.75) is 35.9 Å². The highest BCUT2D eigenvalue weighted by Gasteiger charge is 2.33. The van der Waals surface area contributed by atoms with Crippen molar-refractivity contribution in [3.05, 3.63) is 46.8 Å². The average Bonchev–Trinajstić information content (AvgIpc) is 3.24. The van der Waals surface area contributed by atoms with Crippen molar-refractivity contribution in [1.82, 2.24) is 9.62 Å². The summed E-state index contributed by atoms with van der Waals surface area (Å²) in [6.45, 7) is 0.678. The van der Waals surface area contributed by atoms with Crippen molar-refractivity contribution >= 4 is 50.5 Å². The topological polar surface area (TPSA) is 95.6 Å². The van der Waals surface area contributed by atoms with Crippen LogP contribution in [0.4, 0.5) is 5.69 Å². The van der Waals surface area contributed by atoms with Gasteiger partial charge in [0.25, 0.3) is 10.0 Å². The second-order valence-electron chi connectivity index (χ2n) is 6.71. The molecule has 1 aliphatic heterocycles. The lowest BCUT2D eigenvalue weighted by Crippen LogP contribution is -2.45. The number of hydrogen-bond acceptors (Lipinski definition) is 5. The largest absolute Gasteiger partial charge is 0.348 e. The highest BCUT2D eigenvalue weighted by atomic mass is 35.5. The zero-order valence-corrected chi connectivity index (χ0v) is 18.0. The maximum atomic E-state index is 12.9. The molecule has 0 unspecified atom stereocenters. The fourth-order valence-electron chi connectivity index (χ4n) is 3.29. The van der Waals surface area contributed by atoms with E-state index in [0.717, 1.165) is 19.3 Å². The molecule has 1 saturated heterocycles. The molecule has 156 valence electrons. The van der Waals surface area contributed by atoms with E-state index in [9.17, 15) is 18.0 Å². The fourth-order valence-corrected chi connectivity index (χ4v) is 6.32. The SMILES string of the molecule is O=C(NCC[C@@H]1CCCCN1S(=O)(=O)c1cccs1)C(=O)Nc1cccc(Cl)c1. The van der Waals surface area contributed by atoms with Gasteiger partial charge < -0.3 is 10.6 Å². The molecule has 1 aromatic carbocycles. The quantitative estimate of drug-likeness (QED) is 0.654. The van der Waals surface area contributed by atoms with E-state index in [1.807, 2.05) is 0 Å². The zero-order valence-electron chi connectivity index (χ0n) is 15.6. The van der Waals surface area contributed by atoms with Crippen molar-refractivity contribution in [2.24, 2.45) is 0 Å². The average molecular weight is 456 g/mol. The molecule has 0 aliphatic carbocycles. The third kappa shape index (κ3) is 5.57. The van der Waals surface area contributed by atoms with Gasteiger partial charge in [-0.2, -0.15) is 4.31 Å². The Hall–Kier alpha value is -1.94. The Morgan fingerprint density at radius 1 is 1.17 bits per heavy atom. The number of thiophene rings is 1. The molecule has 1 atom stereocenters. The third-order valence-electron chi connectivity index (χ3n) is 4.68. The minimum absolute atomic E-state index is 0.202. The number of halogens is 1. The summed E-state index contributed by atoms with van der Waals surface area (Å²) in [6, 6.07) is 9.63. The Kier molecular flexibility index (Phi) is 7.28. The zero-order chi connectivity index (χ0) is 20.9. The summed E-state index contributed by atoms with van der Waals surface area (Å²) in [4.78, 5) is 24.1. The summed E-state index contributed by atoms with van der Waals surface area (Å²) >= 11 is 7.06. The van der Waals surface area contributed by atoms with Crippen molar-refractivity contribution < 1.29 is 18.0 Å². The van der Waals surface area contributed by atoms with Crippen LogP contribution in [0.15, 0.2) is 46.0 Å². The smallest absolute Gasteiger partial charge is 0.313 e. The molecule has 0 saturated carbocycles. The van der Waals surface area contributed by atoms with Crippen LogP contribution in [0.2, 0.25) is 5.02 Å². The van der Waals surface area contributed by atoms with Gasteiger partial charge in [-0.3, -0.25) is 9.59 Å². The second-order valence-corrected chi connectivity index (χ2v) is 10.2. The van der Waals surface area contributed by atoms with Crippen LogP contribution in [0.1, 0.15) is 25.7 Å². The lowest BCUT2D eigenvalue weighted by molar-refractivity contribution is -0.136. The highest BCUT2D eigenvalue weighted by Crippen LogP contribution is 2.29. The van der Waals surface area contributed by atoms with Crippen LogP contribution in [0.25, 0.3) is 0 Å². The first-order chi connectivity index (χ1) is 13.9. The number of anilines is 1. The van der Waals surface area contributed by atoms with Crippen LogP contribution in [-0.4, -0.2) is 43.7 Å². The molecule has 7 nitrogen and oxygen atoms in total. The Balaban J connectivity index is 1.54. The van der Waals surface area contributed by atoms with Gasteiger partial charge in [0.05, 0.1) is 0 Å². The van der Waals surface area contributed by atoms with Gasteiger partial charge in [-0.05, 0) is 48.9 Å². The van der Waals surface area contributed by atoms with Gasteiger partial charge in [0.2, 0.25) is 0 Å². The van der Waals surface area contributed by atoms with E-state index < -0.39 is 21.8 Å². The van der Waals surface area contributed by atoms with Gasteiger partial charge >= 0.3 is 11.8 Å². The molecule has 1 fully saturated rings.